The smallest absolute Gasteiger partial charge is 0.164 e. The van der Waals surface area contributed by atoms with E-state index < -0.39 is 0 Å². The minimum absolute atomic E-state index is 0.190. The van der Waals surface area contributed by atoms with E-state index in [1.165, 1.54) is 5.56 Å². The van der Waals surface area contributed by atoms with E-state index in [9.17, 15) is 0 Å². The highest BCUT2D eigenvalue weighted by molar-refractivity contribution is 6.10. The van der Waals surface area contributed by atoms with Crippen molar-refractivity contribution in [3.8, 4) is 67.9 Å². The Morgan fingerprint density at radius 1 is 0.367 bits per heavy atom. The number of hydrogen-bond acceptors (Lipinski definition) is 6. The highest BCUT2D eigenvalue weighted by atomic mass is 16.5. The fourth-order valence-electron chi connectivity index (χ4n) is 8.89. The van der Waals surface area contributed by atoms with Gasteiger partial charge in [-0.25, -0.2) is 15.0 Å². The summed E-state index contributed by atoms with van der Waals surface area (Å²) in [5.41, 5.74) is 12.1. The summed E-state index contributed by atoms with van der Waals surface area (Å²) in [6.45, 7) is 4.51. The Balaban J connectivity index is 0.985. The first-order valence-electron chi connectivity index (χ1n) is 20.2. The number of aromatic nitrogens is 3. The fraction of sp³-hybridized carbons (Fsp3) is 0.0556. The van der Waals surface area contributed by atoms with Crippen molar-refractivity contribution in [2.75, 3.05) is 0 Å². The van der Waals surface area contributed by atoms with E-state index in [2.05, 4.69) is 117 Å². The monoisotopic (exact) mass is 773 g/mol. The molecule has 0 bridgehead atoms. The van der Waals surface area contributed by atoms with Crippen LogP contribution in [0.25, 0.3) is 100 Å². The van der Waals surface area contributed by atoms with Crippen LogP contribution in [0.15, 0.2) is 185 Å². The summed E-state index contributed by atoms with van der Waals surface area (Å²) < 4.78 is 19.6. The molecule has 0 atom stereocenters. The lowest BCUT2D eigenvalue weighted by Gasteiger charge is -2.34. The van der Waals surface area contributed by atoms with Crippen LogP contribution in [0, 0.1) is 0 Å². The number of benzene rings is 8. The molecule has 12 rings (SSSR count). The van der Waals surface area contributed by atoms with Gasteiger partial charge in [-0.2, -0.15) is 0 Å². The molecule has 8 aromatic carbocycles. The molecule has 284 valence electrons. The Morgan fingerprint density at radius 2 is 0.933 bits per heavy atom. The molecule has 0 amide bonds. The molecular formula is C54H35N3O3. The molecule has 6 nitrogen and oxygen atoms in total. The molecule has 0 spiro atoms. The average molecular weight is 774 g/mol. The predicted molar refractivity (Wildman–Crippen MR) is 240 cm³/mol. The number of fused-ring (bicyclic) bond motifs is 8. The highest BCUT2D eigenvalue weighted by Crippen LogP contribution is 2.49. The van der Waals surface area contributed by atoms with Crippen molar-refractivity contribution in [1.29, 1.82) is 0 Å². The fourth-order valence-corrected chi connectivity index (χ4v) is 8.89. The summed E-state index contributed by atoms with van der Waals surface area (Å²) in [6.07, 6.45) is 0. The van der Waals surface area contributed by atoms with Gasteiger partial charge in [0, 0.05) is 60.3 Å². The summed E-state index contributed by atoms with van der Waals surface area (Å²) in [6, 6.07) is 60.3. The first-order chi connectivity index (χ1) is 29.4. The normalized spacial score (nSPS) is 13.1. The third-order valence-electron chi connectivity index (χ3n) is 12.0. The lowest BCUT2D eigenvalue weighted by molar-refractivity contribution is 0.418. The molecule has 4 heterocycles. The number of furan rings is 2. The molecular weight excluding hydrogens is 739 g/mol. The summed E-state index contributed by atoms with van der Waals surface area (Å²) in [5.74, 6) is 3.42. The van der Waals surface area contributed by atoms with Gasteiger partial charge in [-0.05, 0) is 65.2 Å². The molecule has 0 fully saturated rings. The zero-order valence-electron chi connectivity index (χ0n) is 32.8. The summed E-state index contributed by atoms with van der Waals surface area (Å²) in [7, 11) is 0. The van der Waals surface area contributed by atoms with Crippen molar-refractivity contribution in [1.82, 2.24) is 15.0 Å². The minimum Gasteiger partial charge on any atom is -0.457 e. The van der Waals surface area contributed by atoms with E-state index >= 15 is 0 Å². The van der Waals surface area contributed by atoms with Crippen LogP contribution in [0.2, 0.25) is 0 Å². The van der Waals surface area contributed by atoms with E-state index in [4.69, 9.17) is 28.5 Å². The number of para-hydroxylation sites is 3. The lowest BCUT2D eigenvalue weighted by atomic mass is 9.75. The maximum Gasteiger partial charge on any atom is 0.164 e. The Kier molecular flexibility index (Phi) is 7.47. The summed E-state index contributed by atoms with van der Waals surface area (Å²) >= 11 is 0. The SMILES string of the molecule is CC1(C)c2ccccc2Oc2cc(-c3cccc4c3oc3cc(-c5nc(-c6cccc(-c7ccccc7)c6)nc(-c6ccc7c(c6)oc6ccccc67)n5)ccc34)ccc21. The van der Waals surface area contributed by atoms with Gasteiger partial charge >= 0.3 is 0 Å². The van der Waals surface area contributed by atoms with Crippen LogP contribution in [0.4, 0.5) is 0 Å². The number of ether oxygens (including phenoxy) is 1. The van der Waals surface area contributed by atoms with E-state index in [1.807, 2.05) is 72.8 Å². The Labute approximate surface area is 345 Å². The maximum absolute atomic E-state index is 6.79. The minimum atomic E-state index is -0.190. The molecule has 1 aliphatic heterocycles. The molecule has 0 radical (unpaired) electrons. The van der Waals surface area contributed by atoms with E-state index in [-0.39, 0.29) is 5.41 Å². The Morgan fingerprint density at radius 3 is 1.73 bits per heavy atom. The largest absolute Gasteiger partial charge is 0.457 e. The number of rotatable bonds is 5. The van der Waals surface area contributed by atoms with Crippen LogP contribution in [0.1, 0.15) is 25.0 Å². The van der Waals surface area contributed by atoms with Crippen LogP contribution < -0.4 is 4.74 Å². The van der Waals surface area contributed by atoms with Gasteiger partial charge in [0.1, 0.15) is 33.8 Å². The number of hydrogen-bond donors (Lipinski definition) is 0. The van der Waals surface area contributed by atoms with Crippen molar-refractivity contribution < 1.29 is 13.6 Å². The van der Waals surface area contributed by atoms with Crippen LogP contribution in [-0.2, 0) is 5.41 Å². The van der Waals surface area contributed by atoms with Gasteiger partial charge in [-0.1, -0.05) is 141 Å². The van der Waals surface area contributed by atoms with E-state index in [0.29, 0.717) is 17.5 Å². The molecule has 0 saturated heterocycles. The summed E-state index contributed by atoms with van der Waals surface area (Å²) in [4.78, 5) is 15.3. The van der Waals surface area contributed by atoms with Gasteiger partial charge in [0.15, 0.2) is 17.5 Å². The third kappa shape index (κ3) is 5.45. The van der Waals surface area contributed by atoms with Gasteiger partial charge in [-0.15, -0.1) is 0 Å². The van der Waals surface area contributed by atoms with Crippen molar-refractivity contribution in [2.45, 2.75) is 19.3 Å². The standard InChI is InChI=1S/C54H35N3O3/c1-54(2)43-19-7-9-21-46(43)59-49-29-34(24-27-44(49)54)38-17-11-18-42-41-26-23-37(31-48(41)60-50(38)42)53-56-51(35-15-10-14-33(28-35)32-12-4-3-5-13-32)55-52(57-53)36-22-25-40-39-16-6-8-20-45(39)58-47(40)30-36/h3-31H,1-2H3. The molecule has 3 aromatic heterocycles. The lowest BCUT2D eigenvalue weighted by Crippen LogP contribution is -2.24. The zero-order chi connectivity index (χ0) is 40.0. The second-order valence-electron chi connectivity index (χ2n) is 16.0. The molecule has 0 N–H and O–H groups in total. The summed E-state index contributed by atoms with van der Waals surface area (Å²) in [5, 5.41) is 4.17. The second-order valence-corrected chi connectivity index (χ2v) is 16.0. The molecule has 0 saturated carbocycles. The Hall–Kier alpha value is -7.83. The van der Waals surface area contributed by atoms with E-state index in [0.717, 1.165) is 99.9 Å². The van der Waals surface area contributed by atoms with Gasteiger partial charge in [0.25, 0.3) is 0 Å². The van der Waals surface area contributed by atoms with Crippen molar-refractivity contribution >= 4 is 43.9 Å². The van der Waals surface area contributed by atoms with Gasteiger partial charge in [-0.3, -0.25) is 0 Å². The van der Waals surface area contributed by atoms with Crippen LogP contribution >= 0.6 is 0 Å². The first kappa shape index (κ1) is 34.2. The molecule has 1 aliphatic rings. The Bertz CT molecular complexity index is 3510. The molecule has 11 aromatic rings. The zero-order valence-corrected chi connectivity index (χ0v) is 32.8. The molecule has 6 heteroatoms. The maximum atomic E-state index is 6.79. The number of nitrogens with zero attached hydrogens (tertiary/aromatic N) is 3. The first-order valence-corrected chi connectivity index (χ1v) is 20.2. The van der Waals surface area contributed by atoms with Crippen molar-refractivity contribution in [3.05, 3.63) is 187 Å². The van der Waals surface area contributed by atoms with Gasteiger partial charge in [0.2, 0.25) is 0 Å². The van der Waals surface area contributed by atoms with Gasteiger partial charge < -0.3 is 13.6 Å². The second kappa shape index (κ2) is 13.1. The topological polar surface area (TPSA) is 74.2 Å². The third-order valence-corrected chi connectivity index (χ3v) is 12.0. The van der Waals surface area contributed by atoms with E-state index in [1.54, 1.807) is 0 Å². The van der Waals surface area contributed by atoms with Crippen molar-refractivity contribution in [2.24, 2.45) is 0 Å². The van der Waals surface area contributed by atoms with Crippen LogP contribution in [-0.4, -0.2) is 15.0 Å². The van der Waals surface area contributed by atoms with Crippen LogP contribution in [0.5, 0.6) is 11.5 Å². The van der Waals surface area contributed by atoms with Gasteiger partial charge in [0.05, 0.1) is 0 Å². The highest BCUT2D eigenvalue weighted by Gasteiger charge is 2.34. The predicted octanol–water partition coefficient (Wildman–Crippen LogP) is 14.4. The average Bonchev–Trinajstić information content (AvgIpc) is 3.87. The molecule has 0 unspecified atom stereocenters. The molecule has 0 aliphatic carbocycles. The quantitative estimate of drug-likeness (QED) is 0.173. The van der Waals surface area contributed by atoms with Crippen molar-refractivity contribution in [3.63, 3.8) is 0 Å². The molecule has 60 heavy (non-hydrogen) atoms. The van der Waals surface area contributed by atoms with Crippen LogP contribution in [0.3, 0.4) is 0 Å².